The molecule has 2 aromatic rings. The number of hydrogen-bond donors (Lipinski definition) is 2. The highest BCUT2D eigenvalue weighted by molar-refractivity contribution is 14.1. The lowest BCUT2D eigenvalue weighted by molar-refractivity contribution is 0.600. The third kappa shape index (κ3) is 4.39. The van der Waals surface area contributed by atoms with Gasteiger partial charge in [0.1, 0.15) is 0 Å². The van der Waals surface area contributed by atoms with Gasteiger partial charge in [-0.25, -0.2) is 8.42 Å². The lowest BCUT2D eigenvalue weighted by Crippen LogP contribution is -2.15. The van der Waals surface area contributed by atoms with E-state index in [1.54, 1.807) is 36.4 Å². The lowest BCUT2D eigenvalue weighted by Gasteiger charge is -2.08. The van der Waals surface area contributed by atoms with E-state index >= 15 is 0 Å². The molecule has 0 radical (unpaired) electrons. The molecule has 0 atom stereocenters. The first-order valence-electron chi connectivity index (χ1n) is 5.55. The highest BCUT2D eigenvalue weighted by atomic mass is 127. The molecule has 0 unspecified atom stereocenters. The molecule has 0 aliphatic carbocycles. The maximum atomic E-state index is 12.0. The molecule has 0 amide bonds. The predicted octanol–water partition coefficient (Wildman–Crippen LogP) is 2.82. The van der Waals surface area contributed by atoms with Crippen molar-refractivity contribution in [2.24, 2.45) is 0 Å². The Labute approximate surface area is 126 Å². The standard InChI is InChI=1S/C13H13IN2O2S/c14-11-4-6-13(7-5-11)16-19(17,18)9-10-2-1-3-12(15)8-10/h1-8,16H,9,15H2. The van der Waals surface area contributed by atoms with E-state index in [0.29, 0.717) is 16.9 Å². The second-order valence-corrected chi connectivity index (χ2v) is 7.08. The van der Waals surface area contributed by atoms with Crippen LogP contribution in [-0.4, -0.2) is 8.42 Å². The molecule has 0 heterocycles. The van der Waals surface area contributed by atoms with Gasteiger partial charge >= 0.3 is 0 Å². The normalized spacial score (nSPS) is 11.2. The molecule has 0 saturated heterocycles. The van der Waals surface area contributed by atoms with Crippen molar-refractivity contribution in [3.05, 3.63) is 57.7 Å². The number of benzene rings is 2. The molecule has 4 nitrogen and oxygen atoms in total. The summed E-state index contributed by atoms with van der Waals surface area (Å²) in [6, 6.07) is 14.0. The molecule has 0 fully saturated rings. The van der Waals surface area contributed by atoms with Gasteiger partial charge < -0.3 is 5.73 Å². The third-order valence-corrected chi connectivity index (χ3v) is 4.40. The van der Waals surface area contributed by atoms with Crippen molar-refractivity contribution in [2.45, 2.75) is 5.75 Å². The number of sulfonamides is 1. The van der Waals surface area contributed by atoms with Crippen molar-refractivity contribution in [2.75, 3.05) is 10.5 Å². The first kappa shape index (κ1) is 14.1. The van der Waals surface area contributed by atoms with Crippen LogP contribution < -0.4 is 10.5 Å². The number of nitrogen functional groups attached to an aromatic ring is 1. The SMILES string of the molecule is Nc1cccc(CS(=O)(=O)Nc2ccc(I)cc2)c1. The van der Waals surface area contributed by atoms with Gasteiger partial charge in [0.15, 0.2) is 0 Å². The minimum Gasteiger partial charge on any atom is -0.399 e. The number of halogens is 1. The molecular weight excluding hydrogens is 375 g/mol. The van der Waals surface area contributed by atoms with E-state index in [0.717, 1.165) is 3.57 Å². The molecule has 6 heteroatoms. The molecule has 19 heavy (non-hydrogen) atoms. The van der Waals surface area contributed by atoms with Crippen molar-refractivity contribution in [3.8, 4) is 0 Å². The highest BCUT2D eigenvalue weighted by Gasteiger charge is 2.11. The molecule has 0 aromatic heterocycles. The van der Waals surface area contributed by atoms with Gasteiger partial charge in [0, 0.05) is 14.9 Å². The average molecular weight is 388 g/mol. The fourth-order valence-electron chi connectivity index (χ4n) is 1.64. The molecule has 2 rings (SSSR count). The second kappa shape index (κ2) is 5.79. The zero-order valence-corrected chi connectivity index (χ0v) is 13.0. The van der Waals surface area contributed by atoms with Crippen LogP contribution in [0.25, 0.3) is 0 Å². The fraction of sp³-hybridized carbons (Fsp3) is 0.0769. The Balaban J connectivity index is 2.13. The zero-order chi connectivity index (χ0) is 13.9. The maximum Gasteiger partial charge on any atom is 0.236 e. The molecule has 0 spiro atoms. The topological polar surface area (TPSA) is 72.2 Å². The van der Waals surface area contributed by atoms with Gasteiger partial charge in [-0.3, -0.25) is 4.72 Å². The van der Waals surface area contributed by atoms with Crippen molar-refractivity contribution in [1.82, 2.24) is 0 Å². The van der Waals surface area contributed by atoms with Gasteiger partial charge in [-0.15, -0.1) is 0 Å². The monoisotopic (exact) mass is 388 g/mol. The third-order valence-electron chi connectivity index (χ3n) is 2.43. The van der Waals surface area contributed by atoms with Crippen molar-refractivity contribution in [1.29, 1.82) is 0 Å². The number of nitrogens with one attached hydrogen (secondary N) is 1. The van der Waals surface area contributed by atoms with Crippen molar-refractivity contribution < 1.29 is 8.42 Å². The number of rotatable bonds is 4. The Morgan fingerprint density at radius 2 is 1.79 bits per heavy atom. The number of nitrogens with two attached hydrogens (primary N) is 1. The largest absolute Gasteiger partial charge is 0.399 e. The molecule has 0 saturated carbocycles. The van der Waals surface area contributed by atoms with Gasteiger partial charge in [-0.2, -0.15) is 0 Å². The van der Waals surface area contributed by atoms with Gasteiger partial charge in [0.25, 0.3) is 0 Å². The van der Waals surface area contributed by atoms with E-state index in [1.807, 2.05) is 12.1 Å². The minimum absolute atomic E-state index is 0.0932. The first-order valence-corrected chi connectivity index (χ1v) is 8.28. The highest BCUT2D eigenvalue weighted by Crippen LogP contribution is 2.15. The van der Waals surface area contributed by atoms with Crippen LogP contribution in [0.3, 0.4) is 0 Å². The Kier molecular flexibility index (Phi) is 4.31. The summed E-state index contributed by atoms with van der Waals surface area (Å²) in [5, 5.41) is 0. The molecule has 2 aromatic carbocycles. The summed E-state index contributed by atoms with van der Waals surface area (Å²) in [7, 11) is -3.43. The van der Waals surface area contributed by atoms with Crippen LogP contribution in [0.2, 0.25) is 0 Å². The summed E-state index contributed by atoms with van der Waals surface area (Å²) in [6.07, 6.45) is 0. The molecule has 0 aliphatic rings. The smallest absolute Gasteiger partial charge is 0.236 e. The molecule has 0 bridgehead atoms. The van der Waals surface area contributed by atoms with Gasteiger partial charge in [0.05, 0.1) is 5.75 Å². The van der Waals surface area contributed by atoms with Crippen molar-refractivity contribution in [3.63, 3.8) is 0 Å². The van der Waals surface area contributed by atoms with Crippen LogP contribution in [0.15, 0.2) is 48.5 Å². The second-order valence-electron chi connectivity index (χ2n) is 4.11. The van der Waals surface area contributed by atoms with Crippen LogP contribution in [0.1, 0.15) is 5.56 Å². The van der Waals surface area contributed by atoms with Gasteiger partial charge in [-0.1, -0.05) is 12.1 Å². The zero-order valence-electron chi connectivity index (χ0n) is 10.0. The van der Waals surface area contributed by atoms with E-state index in [-0.39, 0.29) is 5.75 Å². The summed E-state index contributed by atoms with van der Waals surface area (Å²) in [6.45, 7) is 0. The van der Waals surface area contributed by atoms with E-state index in [1.165, 1.54) is 0 Å². The Morgan fingerprint density at radius 3 is 2.42 bits per heavy atom. The Morgan fingerprint density at radius 1 is 1.11 bits per heavy atom. The van der Waals surface area contributed by atoms with Crippen LogP contribution in [0, 0.1) is 3.57 Å². The van der Waals surface area contributed by atoms with E-state index in [9.17, 15) is 8.42 Å². The molecule has 0 aliphatic heterocycles. The van der Waals surface area contributed by atoms with Gasteiger partial charge in [-0.05, 0) is 64.6 Å². The lowest BCUT2D eigenvalue weighted by atomic mass is 10.2. The molecule has 3 N–H and O–H groups in total. The Hall–Kier alpha value is -1.28. The number of anilines is 2. The summed E-state index contributed by atoms with van der Waals surface area (Å²) >= 11 is 2.16. The summed E-state index contributed by atoms with van der Waals surface area (Å²) in [5.41, 5.74) is 7.41. The van der Waals surface area contributed by atoms with E-state index < -0.39 is 10.0 Å². The van der Waals surface area contributed by atoms with Crippen molar-refractivity contribution >= 4 is 44.0 Å². The summed E-state index contributed by atoms with van der Waals surface area (Å²) < 4.78 is 27.6. The maximum absolute atomic E-state index is 12.0. The van der Waals surface area contributed by atoms with Crippen LogP contribution in [-0.2, 0) is 15.8 Å². The average Bonchev–Trinajstić information content (AvgIpc) is 2.31. The molecular formula is C13H13IN2O2S. The van der Waals surface area contributed by atoms with E-state index in [4.69, 9.17) is 5.73 Å². The quantitative estimate of drug-likeness (QED) is 0.625. The molecule has 100 valence electrons. The Bertz CT molecular complexity index is 669. The van der Waals surface area contributed by atoms with Crippen LogP contribution in [0.5, 0.6) is 0 Å². The van der Waals surface area contributed by atoms with Crippen LogP contribution in [0.4, 0.5) is 11.4 Å². The van der Waals surface area contributed by atoms with E-state index in [2.05, 4.69) is 27.3 Å². The fourth-order valence-corrected chi connectivity index (χ4v) is 3.18. The minimum atomic E-state index is -3.43. The summed E-state index contributed by atoms with van der Waals surface area (Å²) in [5.74, 6) is -0.0932. The first-order chi connectivity index (χ1) is 8.94. The summed E-state index contributed by atoms with van der Waals surface area (Å²) in [4.78, 5) is 0. The van der Waals surface area contributed by atoms with Crippen LogP contribution >= 0.6 is 22.6 Å². The predicted molar refractivity (Wildman–Crippen MR) is 86.3 cm³/mol. The number of hydrogen-bond acceptors (Lipinski definition) is 3. The van der Waals surface area contributed by atoms with Gasteiger partial charge in [0.2, 0.25) is 10.0 Å².